The van der Waals surface area contributed by atoms with Crippen LogP contribution in [0.2, 0.25) is 0 Å². The van der Waals surface area contributed by atoms with E-state index in [-0.39, 0.29) is 0 Å². The Bertz CT molecular complexity index is 348. The standard InChI is InChI=1S/C10H6IS/c11-10-3-1-8(2-4-10)9-5-6-12-7-9/h1-6H. The van der Waals surface area contributed by atoms with E-state index in [9.17, 15) is 0 Å². The molecule has 0 fully saturated rings. The molecule has 0 bridgehead atoms. The molecule has 0 atom stereocenters. The molecule has 0 amide bonds. The largest absolute Gasteiger partial charge is 0.142 e. The van der Waals surface area contributed by atoms with Crippen molar-refractivity contribution in [1.29, 1.82) is 0 Å². The summed E-state index contributed by atoms with van der Waals surface area (Å²) in [6, 6.07) is 10.6. The zero-order chi connectivity index (χ0) is 8.39. The number of halogens is 1. The molecule has 0 spiro atoms. The van der Waals surface area contributed by atoms with Gasteiger partial charge in [0.1, 0.15) is 0 Å². The highest BCUT2D eigenvalue weighted by atomic mass is 127. The molecule has 0 aliphatic rings. The number of benzene rings is 1. The van der Waals surface area contributed by atoms with E-state index < -0.39 is 0 Å². The van der Waals surface area contributed by atoms with Gasteiger partial charge in [-0.05, 0) is 51.7 Å². The highest BCUT2D eigenvalue weighted by Crippen LogP contribution is 2.21. The van der Waals surface area contributed by atoms with E-state index in [0.717, 1.165) is 0 Å². The van der Waals surface area contributed by atoms with Crippen LogP contribution in [0.15, 0.2) is 35.7 Å². The van der Waals surface area contributed by atoms with Crippen molar-refractivity contribution < 1.29 is 0 Å². The van der Waals surface area contributed by atoms with Gasteiger partial charge in [0.2, 0.25) is 0 Å². The van der Waals surface area contributed by atoms with Crippen molar-refractivity contribution >= 4 is 33.9 Å². The normalized spacial score (nSPS) is 10.1. The molecule has 12 heavy (non-hydrogen) atoms. The van der Waals surface area contributed by atoms with Gasteiger partial charge in [-0.15, -0.1) is 11.3 Å². The summed E-state index contributed by atoms with van der Waals surface area (Å²) < 4.78 is 1.27. The first-order chi connectivity index (χ1) is 5.86. The maximum absolute atomic E-state index is 3.21. The molecule has 0 unspecified atom stereocenters. The minimum Gasteiger partial charge on any atom is -0.142 e. The van der Waals surface area contributed by atoms with Crippen LogP contribution >= 0.6 is 33.9 Å². The fraction of sp³-hybridized carbons (Fsp3) is 0. The monoisotopic (exact) mass is 285 g/mol. The van der Waals surface area contributed by atoms with Crippen molar-refractivity contribution in [3.05, 3.63) is 44.7 Å². The van der Waals surface area contributed by atoms with Crippen molar-refractivity contribution in [3.8, 4) is 11.1 Å². The van der Waals surface area contributed by atoms with Crippen LogP contribution in [0.5, 0.6) is 0 Å². The summed E-state index contributed by atoms with van der Waals surface area (Å²) in [5.41, 5.74) is 2.44. The molecule has 1 heterocycles. The fourth-order valence-corrected chi connectivity index (χ4v) is 1.96. The maximum atomic E-state index is 3.21. The molecule has 0 aliphatic heterocycles. The summed E-state index contributed by atoms with van der Waals surface area (Å²) in [6.45, 7) is 0. The van der Waals surface area contributed by atoms with Crippen LogP contribution in [0.1, 0.15) is 0 Å². The van der Waals surface area contributed by atoms with Crippen LogP contribution in [0, 0.1) is 8.95 Å². The Labute approximate surface area is 89.4 Å². The van der Waals surface area contributed by atoms with E-state index in [4.69, 9.17) is 0 Å². The van der Waals surface area contributed by atoms with E-state index in [2.05, 4.69) is 58.3 Å². The highest BCUT2D eigenvalue weighted by Gasteiger charge is 1.96. The minimum atomic E-state index is 1.19. The third-order valence-corrected chi connectivity index (χ3v) is 2.96. The molecule has 0 nitrogen and oxygen atoms in total. The molecular formula is C10H6IS. The van der Waals surface area contributed by atoms with E-state index in [1.807, 2.05) is 5.38 Å². The third-order valence-electron chi connectivity index (χ3n) is 1.63. The Balaban J connectivity index is 2.43. The lowest BCUT2D eigenvalue weighted by atomic mass is 10.1. The van der Waals surface area contributed by atoms with Crippen LogP contribution in [-0.2, 0) is 0 Å². The molecule has 1 aromatic heterocycles. The molecule has 1 aromatic carbocycles. The summed E-state index contributed by atoms with van der Waals surface area (Å²) in [5.74, 6) is 0. The molecule has 0 saturated heterocycles. The Hall–Kier alpha value is -0.350. The number of hydrogen-bond donors (Lipinski definition) is 0. The van der Waals surface area contributed by atoms with Gasteiger partial charge in [0.25, 0.3) is 0 Å². The average molecular weight is 285 g/mol. The number of thiophene rings is 1. The Kier molecular flexibility index (Phi) is 2.46. The number of hydrogen-bond acceptors (Lipinski definition) is 1. The first-order valence-corrected chi connectivity index (χ1v) is 5.53. The van der Waals surface area contributed by atoms with Crippen LogP contribution < -0.4 is 0 Å². The zero-order valence-electron chi connectivity index (χ0n) is 6.25. The van der Waals surface area contributed by atoms with Crippen LogP contribution in [0.4, 0.5) is 0 Å². The van der Waals surface area contributed by atoms with Gasteiger partial charge in [0.15, 0.2) is 0 Å². The predicted octanol–water partition coefficient (Wildman–Crippen LogP) is 3.82. The van der Waals surface area contributed by atoms with E-state index >= 15 is 0 Å². The lowest BCUT2D eigenvalue weighted by Gasteiger charge is -1.95. The van der Waals surface area contributed by atoms with Crippen molar-refractivity contribution in [2.24, 2.45) is 0 Å². The van der Waals surface area contributed by atoms with Gasteiger partial charge >= 0.3 is 0 Å². The zero-order valence-corrected chi connectivity index (χ0v) is 9.22. The summed E-state index contributed by atoms with van der Waals surface area (Å²) in [7, 11) is 0. The molecule has 2 rings (SSSR count). The predicted molar refractivity (Wildman–Crippen MR) is 61.3 cm³/mol. The molecule has 0 aliphatic carbocycles. The highest BCUT2D eigenvalue weighted by molar-refractivity contribution is 14.1. The molecular weight excluding hydrogens is 279 g/mol. The molecule has 59 valence electrons. The second kappa shape index (κ2) is 3.58. The van der Waals surface area contributed by atoms with Crippen molar-refractivity contribution in [2.75, 3.05) is 0 Å². The van der Waals surface area contributed by atoms with Gasteiger partial charge in [-0.25, -0.2) is 0 Å². The van der Waals surface area contributed by atoms with Gasteiger partial charge in [-0.2, -0.15) is 0 Å². The quantitative estimate of drug-likeness (QED) is 0.699. The third kappa shape index (κ3) is 1.69. The maximum Gasteiger partial charge on any atom is 0.0527 e. The first kappa shape index (κ1) is 8.26. The van der Waals surface area contributed by atoms with Crippen LogP contribution in [-0.4, -0.2) is 0 Å². The summed E-state index contributed by atoms with van der Waals surface area (Å²) in [6.07, 6.45) is 0. The van der Waals surface area contributed by atoms with Crippen LogP contribution in [0.25, 0.3) is 11.1 Å². The molecule has 2 heteroatoms. The van der Waals surface area contributed by atoms with E-state index in [0.29, 0.717) is 0 Å². The van der Waals surface area contributed by atoms with E-state index in [1.165, 1.54) is 14.7 Å². The van der Waals surface area contributed by atoms with Gasteiger partial charge in [0, 0.05) is 9.13 Å². The molecule has 0 N–H and O–H groups in total. The van der Waals surface area contributed by atoms with Crippen molar-refractivity contribution in [3.63, 3.8) is 0 Å². The molecule has 2 aromatic rings. The van der Waals surface area contributed by atoms with Crippen molar-refractivity contribution in [1.82, 2.24) is 0 Å². The summed E-state index contributed by atoms with van der Waals surface area (Å²) in [5, 5.41) is 5.26. The smallest absolute Gasteiger partial charge is 0.0527 e. The average Bonchev–Trinajstić information content (AvgIpc) is 2.58. The van der Waals surface area contributed by atoms with Crippen LogP contribution in [0.3, 0.4) is 0 Å². The van der Waals surface area contributed by atoms with Gasteiger partial charge in [0.05, 0.1) is 5.38 Å². The first-order valence-electron chi connectivity index (χ1n) is 3.57. The summed E-state index contributed by atoms with van der Waals surface area (Å²) >= 11 is 3.92. The molecule has 1 radical (unpaired) electrons. The van der Waals surface area contributed by atoms with E-state index in [1.54, 1.807) is 11.3 Å². The lowest BCUT2D eigenvalue weighted by molar-refractivity contribution is 1.63. The minimum absolute atomic E-state index is 1.19. The lowest BCUT2D eigenvalue weighted by Crippen LogP contribution is -1.73. The van der Waals surface area contributed by atoms with Gasteiger partial charge in [-0.3, -0.25) is 0 Å². The van der Waals surface area contributed by atoms with Gasteiger partial charge < -0.3 is 0 Å². The topological polar surface area (TPSA) is 0 Å². The second-order valence-electron chi connectivity index (χ2n) is 2.44. The van der Waals surface area contributed by atoms with Gasteiger partial charge in [-0.1, -0.05) is 12.1 Å². The molecule has 0 saturated carbocycles. The van der Waals surface area contributed by atoms with Crippen molar-refractivity contribution in [2.45, 2.75) is 0 Å². The SMILES string of the molecule is Ic1ccc(-c2[c]scc2)cc1. The Morgan fingerprint density at radius 1 is 1.08 bits per heavy atom. The Morgan fingerprint density at radius 3 is 2.42 bits per heavy atom. The Morgan fingerprint density at radius 2 is 1.83 bits per heavy atom. The fourth-order valence-electron chi connectivity index (χ4n) is 1.02. The summed E-state index contributed by atoms with van der Waals surface area (Å²) in [4.78, 5) is 0. The second-order valence-corrected chi connectivity index (χ2v) is 4.40. The number of rotatable bonds is 1.